The van der Waals surface area contributed by atoms with Gasteiger partial charge in [-0.25, -0.2) is 9.36 Å². The molecule has 3 nitrogen and oxygen atoms in total. The molecule has 0 radical (unpaired) electrons. The summed E-state index contributed by atoms with van der Waals surface area (Å²) >= 11 is 0. The highest BCUT2D eigenvalue weighted by Crippen LogP contribution is 2.02. The summed E-state index contributed by atoms with van der Waals surface area (Å²) in [7, 11) is 0. The predicted octanol–water partition coefficient (Wildman–Crippen LogP) is 2.59. The molecule has 0 spiro atoms. The van der Waals surface area contributed by atoms with E-state index in [1.165, 1.54) is 5.56 Å². The van der Waals surface area contributed by atoms with Crippen LogP contribution in [0.2, 0.25) is 0 Å². The normalized spacial score (nSPS) is 10.5. The van der Waals surface area contributed by atoms with Crippen molar-refractivity contribution in [2.45, 2.75) is 26.5 Å². The maximum atomic E-state index is 11.7. The minimum atomic E-state index is -0.276. The number of pyridine rings is 1. The molecule has 1 aromatic heterocycles. The first-order valence-electron chi connectivity index (χ1n) is 6.39. The van der Waals surface area contributed by atoms with E-state index in [4.69, 9.17) is 4.74 Å². The Morgan fingerprint density at radius 2 is 1.74 bits per heavy atom. The summed E-state index contributed by atoms with van der Waals surface area (Å²) in [6, 6.07) is 13.8. The van der Waals surface area contributed by atoms with E-state index < -0.39 is 0 Å². The van der Waals surface area contributed by atoms with Crippen LogP contribution in [0.15, 0.2) is 54.9 Å². The monoisotopic (exact) mass is 256 g/mol. The van der Waals surface area contributed by atoms with Gasteiger partial charge >= 0.3 is 5.97 Å². The number of aromatic nitrogens is 1. The molecule has 0 aliphatic rings. The van der Waals surface area contributed by atoms with E-state index in [2.05, 4.69) is 12.1 Å². The minimum Gasteiger partial charge on any atom is -0.459 e. The van der Waals surface area contributed by atoms with Crippen LogP contribution < -0.4 is 4.57 Å². The minimum absolute atomic E-state index is 0.0934. The lowest BCUT2D eigenvalue weighted by Crippen LogP contribution is -2.33. The molecule has 2 rings (SSSR count). The van der Waals surface area contributed by atoms with Gasteiger partial charge < -0.3 is 4.74 Å². The third-order valence-corrected chi connectivity index (χ3v) is 2.68. The van der Waals surface area contributed by atoms with Gasteiger partial charge in [0.15, 0.2) is 18.9 Å². The zero-order valence-corrected chi connectivity index (χ0v) is 11.2. The van der Waals surface area contributed by atoms with Crippen LogP contribution in [0.4, 0.5) is 0 Å². The molecule has 0 amide bonds. The predicted molar refractivity (Wildman–Crippen MR) is 72.7 cm³/mol. The smallest absolute Gasteiger partial charge is 0.338 e. The molecule has 0 saturated carbocycles. The molecule has 0 unspecified atom stereocenters. The van der Waals surface area contributed by atoms with Crippen molar-refractivity contribution >= 4 is 5.97 Å². The van der Waals surface area contributed by atoms with Crippen molar-refractivity contribution in [3.63, 3.8) is 0 Å². The van der Waals surface area contributed by atoms with Gasteiger partial charge in [0.25, 0.3) is 0 Å². The highest BCUT2D eigenvalue weighted by Gasteiger charge is 2.11. The van der Waals surface area contributed by atoms with Gasteiger partial charge in [-0.2, -0.15) is 0 Å². The van der Waals surface area contributed by atoms with Gasteiger partial charge in [-0.05, 0) is 13.8 Å². The standard InChI is InChI=1S/C16H18NO2/c1-13(2)19-16(18)15-8-10-17(11-9-15)12-14-6-4-3-5-7-14/h3-11,13H,12H2,1-2H3/q+1. The fourth-order valence-corrected chi connectivity index (χ4v) is 1.78. The van der Waals surface area contributed by atoms with E-state index >= 15 is 0 Å². The van der Waals surface area contributed by atoms with Crippen molar-refractivity contribution in [2.24, 2.45) is 0 Å². The lowest BCUT2D eigenvalue weighted by molar-refractivity contribution is -0.688. The summed E-state index contributed by atoms with van der Waals surface area (Å²) in [5, 5.41) is 0. The number of rotatable bonds is 4. The van der Waals surface area contributed by atoms with Crippen LogP contribution in [-0.4, -0.2) is 12.1 Å². The molecule has 0 aliphatic carbocycles. The quantitative estimate of drug-likeness (QED) is 0.621. The Kier molecular flexibility index (Phi) is 4.29. The van der Waals surface area contributed by atoms with E-state index in [1.807, 2.05) is 49.0 Å². The second-order valence-electron chi connectivity index (χ2n) is 4.70. The summed E-state index contributed by atoms with van der Waals surface area (Å²) in [4.78, 5) is 11.7. The summed E-state index contributed by atoms with van der Waals surface area (Å²) in [6.45, 7) is 4.48. The summed E-state index contributed by atoms with van der Waals surface area (Å²) in [5.41, 5.74) is 1.81. The number of nitrogens with zero attached hydrogens (tertiary/aromatic N) is 1. The largest absolute Gasteiger partial charge is 0.459 e. The first kappa shape index (κ1) is 13.3. The third-order valence-electron chi connectivity index (χ3n) is 2.68. The summed E-state index contributed by atoms with van der Waals surface area (Å²) in [5.74, 6) is -0.276. The summed E-state index contributed by atoms with van der Waals surface area (Å²) in [6.07, 6.45) is 3.69. The molecule has 1 heterocycles. The van der Waals surface area contributed by atoms with Gasteiger partial charge in [0, 0.05) is 17.7 Å². The van der Waals surface area contributed by atoms with Crippen LogP contribution in [0.1, 0.15) is 29.8 Å². The molecule has 0 saturated heterocycles. The third kappa shape index (κ3) is 3.91. The number of carbonyl (C=O) groups excluding carboxylic acids is 1. The molecule has 2 aromatic rings. The molecule has 0 N–H and O–H groups in total. The number of hydrogen-bond donors (Lipinski definition) is 0. The Morgan fingerprint density at radius 1 is 1.11 bits per heavy atom. The Labute approximate surface area is 113 Å². The fraction of sp³-hybridized carbons (Fsp3) is 0.250. The fourth-order valence-electron chi connectivity index (χ4n) is 1.78. The van der Waals surface area contributed by atoms with E-state index in [1.54, 1.807) is 12.1 Å². The van der Waals surface area contributed by atoms with E-state index in [0.29, 0.717) is 5.56 Å². The number of esters is 1. The van der Waals surface area contributed by atoms with Crippen LogP contribution in [-0.2, 0) is 11.3 Å². The molecule has 1 aromatic carbocycles. The first-order valence-corrected chi connectivity index (χ1v) is 6.39. The molecule has 0 fully saturated rings. The number of carbonyl (C=O) groups is 1. The van der Waals surface area contributed by atoms with Gasteiger partial charge in [0.05, 0.1) is 11.7 Å². The molecule has 0 aliphatic heterocycles. The summed E-state index contributed by atoms with van der Waals surface area (Å²) < 4.78 is 7.18. The number of hydrogen-bond acceptors (Lipinski definition) is 2. The number of benzene rings is 1. The molecule has 19 heavy (non-hydrogen) atoms. The molecule has 0 bridgehead atoms. The van der Waals surface area contributed by atoms with Gasteiger partial charge in [-0.15, -0.1) is 0 Å². The molecule has 3 heteroatoms. The molecule has 98 valence electrons. The number of ether oxygens (including phenoxy) is 1. The average molecular weight is 256 g/mol. The highest BCUT2D eigenvalue weighted by molar-refractivity contribution is 5.89. The Hall–Kier alpha value is -2.16. The molecular weight excluding hydrogens is 238 g/mol. The van der Waals surface area contributed by atoms with Crippen LogP contribution in [0.5, 0.6) is 0 Å². The Balaban J connectivity index is 2.04. The maximum Gasteiger partial charge on any atom is 0.338 e. The zero-order chi connectivity index (χ0) is 13.7. The van der Waals surface area contributed by atoms with Gasteiger partial charge in [0.2, 0.25) is 0 Å². The van der Waals surface area contributed by atoms with Crippen molar-refractivity contribution < 1.29 is 14.1 Å². The average Bonchev–Trinajstić information content (AvgIpc) is 2.40. The van der Waals surface area contributed by atoms with Gasteiger partial charge in [-0.3, -0.25) is 0 Å². The lowest BCUT2D eigenvalue weighted by atomic mass is 10.2. The Morgan fingerprint density at radius 3 is 2.32 bits per heavy atom. The van der Waals surface area contributed by atoms with E-state index in [-0.39, 0.29) is 12.1 Å². The van der Waals surface area contributed by atoms with E-state index in [9.17, 15) is 4.79 Å². The van der Waals surface area contributed by atoms with Crippen molar-refractivity contribution in [3.05, 3.63) is 66.0 Å². The molecular formula is C16H18NO2+. The van der Waals surface area contributed by atoms with E-state index in [0.717, 1.165) is 6.54 Å². The highest BCUT2D eigenvalue weighted by atomic mass is 16.5. The van der Waals surface area contributed by atoms with Gasteiger partial charge in [0.1, 0.15) is 0 Å². The van der Waals surface area contributed by atoms with Crippen LogP contribution >= 0.6 is 0 Å². The van der Waals surface area contributed by atoms with Crippen LogP contribution in [0.3, 0.4) is 0 Å². The SMILES string of the molecule is CC(C)OC(=O)c1cc[n+](Cc2ccccc2)cc1. The first-order chi connectivity index (χ1) is 9.15. The Bertz CT molecular complexity index is 532. The van der Waals surface area contributed by atoms with Crippen molar-refractivity contribution in [1.29, 1.82) is 0 Å². The van der Waals surface area contributed by atoms with Crippen molar-refractivity contribution in [3.8, 4) is 0 Å². The maximum absolute atomic E-state index is 11.7. The second-order valence-corrected chi connectivity index (χ2v) is 4.70. The van der Waals surface area contributed by atoms with Crippen LogP contribution in [0, 0.1) is 0 Å². The van der Waals surface area contributed by atoms with Gasteiger partial charge in [-0.1, -0.05) is 30.3 Å². The zero-order valence-electron chi connectivity index (χ0n) is 11.2. The topological polar surface area (TPSA) is 30.2 Å². The van der Waals surface area contributed by atoms with Crippen molar-refractivity contribution in [2.75, 3.05) is 0 Å². The second kappa shape index (κ2) is 6.14. The van der Waals surface area contributed by atoms with Crippen molar-refractivity contribution in [1.82, 2.24) is 0 Å². The van der Waals surface area contributed by atoms with Crippen LogP contribution in [0.25, 0.3) is 0 Å². The lowest BCUT2D eigenvalue weighted by Gasteiger charge is -2.06. The molecule has 0 atom stereocenters.